The van der Waals surface area contributed by atoms with Crippen LogP contribution in [0.1, 0.15) is 24.6 Å². The van der Waals surface area contributed by atoms with Crippen LogP contribution in [0, 0.1) is 0 Å². The van der Waals surface area contributed by atoms with Crippen LogP contribution in [-0.2, 0) is 12.3 Å². The van der Waals surface area contributed by atoms with Gasteiger partial charge in [0.1, 0.15) is 0 Å². The van der Waals surface area contributed by atoms with Gasteiger partial charge in [-0.05, 0) is 18.1 Å². The molecule has 0 unspecified atom stereocenters. The summed E-state index contributed by atoms with van der Waals surface area (Å²) in [5, 5.41) is 8.06. The monoisotopic (exact) mass is 204 g/mol. The van der Waals surface area contributed by atoms with Gasteiger partial charge in [-0.2, -0.15) is 5.10 Å². The molecule has 0 spiro atoms. The number of aromatic nitrogens is 2. The van der Waals surface area contributed by atoms with Crippen molar-refractivity contribution in [2.45, 2.75) is 25.6 Å². The van der Waals surface area contributed by atoms with E-state index in [9.17, 15) is 0 Å². The van der Waals surface area contributed by atoms with Crippen LogP contribution in [0.25, 0.3) is 0 Å². The third kappa shape index (κ3) is 2.32. The molecule has 0 radical (unpaired) electrons. The first-order valence-electron chi connectivity index (χ1n) is 3.85. The van der Waals surface area contributed by atoms with Crippen molar-refractivity contribution in [1.29, 1.82) is 0 Å². The number of hydrogen-bond donors (Lipinski definition) is 0. The summed E-state index contributed by atoms with van der Waals surface area (Å²) in [4.78, 5) is 0. The first-order valence-corrected chi connectivity index (χ1v) is 4.76. The van der Waals surface area contributed by atoms with Crippen LogP contribution in [0.5, 0.6) is 0 Å². The second kappa shape index (κ2) is 4.63. The number of nitrogens with zero attached hydrogens (tertiary/aromatic N) is 2. The lowest BCUT2D eigenvalue weighted by molar-refractivity contribution is 0.861. The highest BCUT2D eigenvalue weighted by atomic mass is 35.5. The van der Waals surface area contributed by atoms with Crippen molar-refractivity contribution in [3.05, 3.63) is 22.5 Å². The van der Waals surface area contributed by atoms with Crippen LogP contribution in [0.2, 0.25) is 5.15 Å². The number of halogens is 2. The van der Waals surface area contributed by atoms with Crippen LogP contribution >= 0.6 is 23.2 Å². The molecule has 0 amide bonds. The van der Waals surface area contributed by atoms with E-state index in [1.807, 2.05) is 6.07 Å². The van der Waals surface area contributed by atoms with Gasteiger partial charge in [0.2, 0.25) is 0 Å². The molecule has 0 aromatic carbocycles. The fourth-order valence-electron chi connectivity index (χ4n) is 1.03. The van der Waals surface area contributed by atoms with E-state index in [4.69, 9.17) is 23.2 Å². The minimum atomic E-state index is 0.402. The Balaban J connectivity index is 2.95. The summed E-state index contributed by atoms with van der Waals surface area (Å²) in [5.41, 5.74) is 1.94. The maximum atomic E-state index is 5.69. The van der Waals surface area contributed by atoms with Gasteiger partial charge >= 0.3 is 0 Å². The first-order chi connectivity index (χ1) is 5.77. The number of hydrogen-bond acceptors (Lipinski definition) is 2. The molecule has 0 aliphatic rings. The van der Waals surface area contributed by atoms with E-state index in [-0.39, 0.29) is 0 Å². The largest absolute Gasteiger partial charge is 0.153 e. The fourth-order valence-corrected chi connectivity index (χ4v) is 1.42. The van der Waals surface area contributed by atoms with E-state index in [2.05, 4.69) is 17.1 Å². The van der Waals surface area contributed by atoms with Crippen molar-refractivity contribution in [2.75, 3.05) is 0 Å². The van der Waals surface area contributed by atoms with Gasteiger partial charge < -0.3 is 0 Å². The second-order valence-electron chi connectivity index (χ2n) is 2.52. The summed E-state index contributed by atoms with van der Waals surface area (Å²) in [6, 6.07) is 1.83. The van der Waals surface area contributed by atoms with E-state index < -0.39 is 0 Å². The zero-order valence-electron chi connectivity index (χ0n) is 6.85. The first kappa shape index (κ1) is 9.75. The smallest absolute Gasteiger partial charge is 0.152 e. The maximum absolute atomic E-state index is 5.69. The van der Waals surface area contributed by atoms with Gasteiger partial charge in [0, 0.05) is 0 Å². The summed E-state index contributed by atoms with van der Waals surface area (Å²) in [5.74, 6) is 0.402. The third-order valence-corrected chi connectivity index (χ3v) is 2.01. The molecule has 0 saturated carbocycles. The zero-order chi connectivity index (χ0) is 8.97. The summed E-state index contributed by atoms with van der Waals surface area (Å²) in [6.07, 6.45) is 2.02. The Morgan fingerprint density at radius 3 is 2.75 bits per heavy atom. The lowest BCUT2D eigenvalue weighted by atomic mass is 10.1. The molecule has 0 N–H and O–H groups in total. The molecule has 1 aromatic heterocycles. The Labute approximate surface area is 81.9 Å². The molecule has 66 valence electrons. The standard InChI is InChI=1S/C8H10Cl2N2/c1-2-3-6-4-8(10)12-11-7(6)5-9/h4H,2-3,5H2,1H3. The summed E-state index contributed by atoms with van der Waals surface area (Å²) in [6.45, 7) is 2.10. The molecule has 1 aromatic rings. The highest BCUT2D eigenvalue weighted by Gasteiger charge is 2.03. The summed E-state index contributed by atoms with van der Waals surface area (Å²) < 4.78 is 0. The average Bonchev–Trinajstić information content (AvgIpc) is 2.05. The zero-order valence-corrected chi connectivity index (χ0v) is 8.36. The molecule has 0 fully saturated rings. The van der Waals surface area contributed by atoms with Crippen LogP contribution in [0.4, 0.5) is 0 Å². The average molecular weight is 205 g/mol. The van der Waals surface area contributed by atoms with Gasteiger partial charge in [-0.1, -0.05) is 24.9 Å². The molecule has 1 rings (SSSR count). The van der Waals surface area contributed by atoms with Crippen molar-refractivity contribution in [1.82, 2.24) is 10.2 Å². The summed E-state index contributed by atoms with van der Waals surface area (Å²) in [7, 11) is 0. The van der Waals surface area contributed by atoms with Crippen molar-refractivity contribution >= 4 is 23.2 Å². The second-order valence-corrected chi connectivity index (χ2v) is 3.18. The predicted molar refractivity (Wildman–Crippen MR) is 50.6 cm³/mol. The van der Waals surface area contributed by atoms with Crippen molar-refractivity contribution in [3.63, 3.8) is 0 Å². The SMILES string of the molecule is CCCc1cc(Cl)nnc1CCl. The molecule has 0 saturated heterocycles. The Kier molecular flexibility index (Phi) is 3.76. The van der Waals surface area contributed by atoms with E-state index in [0.29, 0.717) is 11.0 Å². The summed E-state index contributed by atoms with van der Waals surface area (Å²) >= 11 is 11.4. The number of alkyl halides is 1. The molecule has 0 aliphatic carbocycles. The molecular weight excluding hydrogens is 195 g/mol. The van der Waals surface area contributed by atoms with Gasteiger partial charge in [0.25, 0.3) is 0 Å². The number of aryl methyl sites for hydroxylation is 1. The maximum Gasteiger partial charge on any atom is 0.152 e. The van der Waals surface area contributed by atoms with E-state index >= 15 is 0 Å². The van der Waals surface area contributed by atoms with Crippen LogP contribution in [0.15, 0.2) is 6.07 Å². The normalized spacial score (nSPS) is 10.2. The highest BCUT2D eigenvalue weighted by Crippen LogP contribution is 2.14. The third-order valence-electron chi connectivity index (χ3n) is 1.58. The van der Waals surface area contributed by atoms with Gasteiger partial charge in [-0.15, -0.1) is 16.7 Å². The fraction of sp³-hybridized carbons (Fsp3) is 0.500. The van der Waals surface area contributed by atoms with Gasteiger partial charge in [0.15, 0.2) is 5.15 Å². The highest BCUT2D eigenvalue weighted by molar-refractivity contribution is 6.29. The minimum Gasteiger partial charge on any atom is -0.153 e. The molecule has 0 atom stereocenters. The predicted octanol–water partition coefficient (Wildman–Crippen LogP) is 2.82. The molecule has 1 heterocycles. The van der Waals surface area contributed by atoms with Crippen molar-refractivity contribution in [2.24, 2.45) is 0 Å². The number of rotatable bonds is 3. The lowest BCUT2D eigenvalue weighted by Crippen LogP contribution is -1.97. The quantitative estimate of drug-likeness (QED) is 0.709. The Morgan fingerprint density at radius 1 is 1.42 bits per heavy atom. The molecule has 0 bridgehead atoms. The topological polar surface area (TPSA) is 25.8 Å². The Bertz CT molecular complexity index is 263. The van der Waals surface area contributed by atoms with Crippen LogP contribution in [-0.4, -0.2) is 10.2 Å². The van der Waals surface area contributed by atoms with Gasteiger partial charge in [-0.25, -0.2) is 0 Å². The van der Waals surface area contributed by atoms with E-state index in [1.54, 1.807) is 0 Å². The molecule has 2 nitrogen and oxygen atoms in total. The molecular formula is C8H10Cl2N2. The molecule has 4 heteroatoms. The van der Waals surface area contributed by atoms with Crippen molar-refractivity contribution < 1.29 is 0 Å². The Hall–Kier alpha value is -0.340. The van der Waals surface area contributed by atoms with Crippen LogP contribution in [0.3, 0.4) is 0 Å². The Morgan fingerprint density at radius 2 is 2.17 bits per heavy atom. The lowest BCUT2D eigenvalue weighted by Gasteiger charge is -2.02. The van der Waals surface area contributed by atoms with Gasteiger partial charge in [0.05, 0.1) is 11.6 Å². The minimum absolute atomic E-state index is 0.402. The van der Waals surface area contributed by atoms with Crippen molar-refractivity contribution in [3.8, 4) is 0 Å². The molecule has 0 aliphatic heterocycles. The van der Waals surface area contributed by atoms with E-state index in [1.165, 1.54) is 0 Å². The van der Waals surface area contributed by atoms with Crippen LogP contribution < -0.4 is 0 Å². The van der Waals surface area contributed by atoms with Gasteiger partial charge in [-0.3, -0.25) is 0 Å². The molecule has 12 heavy (non-hydrogen) atoms. The van der Waals surface area contributed by atoms with E-state index in [0.717, 1.165) is 24.1 Å².